The average Bonchev–Trinajstić information content (AvgIpc) is 3.43. The second-order valence-corrected chi connectivity index (χ2v) is 10.7. The summed E-state index contributed by atoms with van der Waals surface area (Å²) in [5.74, 6) is -0.757. The van der Waals surface area contributed by atoms with E-state index < -0.39 is 12.1 Å². The number of carbonyl (C=O) groups is 4. The van der Waals surface area contributed by atoms with E-state index >= 15 is 0 Å². The molecule has 2 aromatic carbocycles. The van der Waals surface area contributed by atoms with E-state index in [4.69, 9.17) is 0 Å². The summed E-state index contributed by atoms with van der Waals surface area (Å²) in [4.78, 5) is 58.2. The highest BCUT2D eigenvalue weighted by atomic mass is 16.2. The fourth-order valence-corrected chi connectivity index (χ4v) is 5.33. The third kappa shape index (κ3) is 5.53. The van der Waals surface area contributed by atoms with Gasteiger partial charge in [0.15, 0.2) is 5.78 Å². The number of anilines is 1. The highest BCUT2D eigenvalue weighted by Gasteiger charge is 2.52. The van der Waals surface area contributed by atoms with Crippen molar-refractivity contribution in [1.29, 1.82) is 0 Å². The van der Waals surface area contributed by atoms with E-state index in [-0.39, 0.29) is 42.0 Å². The molecule has 4 rings (SSSR count). The average molecular weight is 505 g/mol. The van der Waals surface area contributed by atoms with Crippen LogP contribution in [0, 0.1) is 12.8 Å². The third-order valence-electron chi connectivity index (χ3n) is 7.19. The van der Waals surface area contributed by atoms with Crippen molar-refractivity contribution in [3.05, 3.63) is 65.2 Å². The Labute approximate surface area is 218 Å². The minimum atomic E-state index is -0.755. The standard InChI is InChI=1S/C29H36N4O4/c1-18(2)15-23(30-27(35)20-9-11-22(12-10-20)31(4)5)29(37)32-14-13-24-26(32)25(34)17-33(24)28(36)21-8-6-7-19(3)16-21/h6-12,16,18,23-24,26H,13-15,17H2,1-5H3,(H,30,35)/t23-,24?,26?/m0/s1. The number of Topliss-reactive ketones (excluding diaryl/α,β-unsaturated/α-hetero) is 1. The summed E-state index contributed by atoms with van der Waals surface area (Å²) >= 11 is 0. The molecule has 0 bridgehead atoms. The SMILES string of the molecule is Cc1cccc(C(=O)N2CC(=O)C3C2CCN3C(=O)[C@H](CC(C)C)NC(=O)c2ccc(N(C)C)cc2)c1. The molecule has 2 saturated heterocycles. The van der Waals surface area contributed by atoms with Crippen LogP contribution in [-0.4, -0.2) is 78.6 Å². The molecule has 37 heavy (non-hydrogen) atoms. The molecule has 2 aromatic rings. The Kier molecular flexibility index (Phi) is 7.66. The number of nitrogens with zero attached hydrogens (tertiary/aromatic N) is 3. The lowest BCUT2D eigenvalue weighted by Crippen LogP contribution is -2.53. The predicted octanol–water partition coefficient (Wildman–Crippen LogP) is 2.90. The molecule has 1 N–H and O–H groups in total. The van der Waals surface area contributed by atoms with Crippen LogP contribution in [0.1, 0.15) is 53.0 Å². The summed E-state index contributed by atoms with van der Waals surface area (Å²) in [6.07, 6.45) is 0.989. The van der Waals surface area contributed by atoms with Gasteiger partial charge < -0.3 is 20.0 Å². The van der Waals surface area contributed by atoms with Crippen LogP contribution in [0.15, 0.2) is 48.5 Å². The summed E-state index contributed by atoms with van der Waals surface area (Å²) in [5.41, 5.74) is 2.96. The van der Waals surface area contributed by atoms with E-state index in [0.29, 0.717) is 30.5 Å². The van der Waals surface area contributed by atoms with Crippen LogP contribution in [0.2, 0.25) is 0 Å². The molecule has 3 amide bonds. The Hall–Kier alpha value is -3.68. The molecule has 0 aromatic heterocycles. The number of fused-ring (bicyclic) bond motifs is 1. The van der Waals surface area contributed by atoms with E-state index in [1.807, 2.05) is 70.1 Å². The number of amides is 3. The predicted molar refractivity (Wildman–Crippen MR) is 143 cm³/mol. The maximum atomic E-state index is 13.7. The summed E-state index contributed by atoms with van der Waals surface area (Å²) in [5, 5.41) is 2.92. The van der Waals surface area contributed by atoms with Gasteiger partial charge in [0.1, 0.15) is 12.1 Å². The Morgan fingerprint density at radius 1 is 1.03 bits per heavy atom. The van der Waals surface area contributed by atoms with Crippen LogP contribution in [0.5, 0.6) is 0 Å². The van der Waals surface area contributed by atoms with Gasteiger partial charge in [-0.25, -0.2) is 0 Å². The van der Waals surface area contributed by atoms with Gasteiger partial charge in [0.05, 0.1) is 12.6 Å². The summed E-state index contributed by atoms with van der Waals surface area (Å²) in [6.45, 7) is 6.28. The van der Waals surface area contributed by atoms with E-state index in [1.54, 1.807) is 28.0 Å². The molecule has 2 aliphatic heterocycles. The van der Waals surface area contributed by atoms with Gasteiger partial charge in [-0.05, 0) is 62.1 Å². The first-order chi connectivity index (χ1) is 17.6. The molecule has 0 saturated carbocycles. The van der Waals surface area contributed by atoms with Crippen LogP contribution in [0.3, 0.4) is 0 Å². The van der Waals surface area contributed by atoms with Crippen molar-refractivity contribution in [3.63, 3.8) is 0 Å². The topological polar surface area (TPSA) is 90.0 Å². The second-order valence-electron chi connectivity index (χ2n) is 10.7. The quantitative estimate of drug-likeness (QED) is 0.626. The summed E-state index contributed by atoms with van der Waals surface area (Å²) < 4.78 is 0. The van der Waals surface area contributed by atoms with E-state index in [9.17, 15) is 19.2 Å². The third-order valence-corrected chi connectivity index (χ3v) is 7.19. The first-order valence-corrected chi connectivity index (χ1v) is 12.9. The van der Waals surface area contributed by atoms with Gasteiger partial charge in [0.2, 0.25) is 5.91 Å². The minimum absolute atomic E-state index is 0.00861. The maximum absolute atomic E-state index is 13.7. The zero-order valence-corrected chi connectivity index (χ0v) is 22.2. The Morgan fingerprint density at radius 2 is 1.73 bits per heavy atom. The highest BCUT2D eigenvalue weighted by molar-refractivity contribution is 6.03. The zero-order chi connectivity index (χ0) is 26.9. The van der Waals surface area contributed by atoms with Crippen LogP contribution in [0.25, 0.3) is 0 Å². The molecule has 196 valence electrons. The van der Waals surface area contributed by atoms with Gasteiger partial charge in [-0.3, -0.25) is 19.2 Å². The highest BCUT2D eigenvalue weighted by Crippen LogP contribution is 2.32. The molecule has 8 nitrogen and oxygen atoms in total. The molecular weight excluding hydrogens is 468 g/mol. The number of hydrogen-bond acceptors (Lipinski definition) is 5. The van der Waals surface area contributed by atoms with Gasteiger partial charge in [0.25, 0.3) is 11.8 Å². The lowest BCUT2D eigenvalue weighted by molar-refractivity contribution is -0.138. The Balaban J connectivity index is 1.50. The van der Waals surface area contributed by atoms with Crippen LogP contribution >= 0.6 is 0 Å². The van der Waals surface area contributed by atoms with E-state index in [2.05, 4.69) is 5.32 Å². The molecule has 3 atom stereocenters. The zero-order valence-electron chi connectivity index (χ0n) is 22.2. The fourth-order valence-electron chi connectivity index (χ4n) is 5.33. The van der Waals surface area contributed by atoms with Crippen molar-refractivity contribution >= 4 is 29.2 Å². The first kappa shape index (κ1) is 26.4. The lowest BCUT2D eigenvalue weighted by Gasteiger charge is -2.29. The van der Waals surface area contributed by atoms with Gasteiger partial charge >= 0.3 is 0 Å². The minimum Gasteiger partial charge on any atom is -0.378 e. The Bertz CT molecular complexity index is 1190. The number of carbonyl (C=O) groups excluding carboxylic acids is 4. The number of ketones is 1. The van der Waals surface area contributed by atoms with E-state index in [0.717, 1.165) is 11.3 Å². The maximum Gasteiger partial charge on any atom is 0.254 e. The van der Waals surface area contributed by atoms with Crippen molar-refractivity contribution in [2.75, 3.05) is 32.1 Å². The van der Waals surface area contributed by atoms with Gasteiger partial charge in [0, 0.05) is 37.5 Å². The van der Waals surface area contributed by atoms with Crippen molar-refractivity contribution < 1.29 is 19.2 Å². The van der Waals surface area contributed by atoms with Crippen molar-refractivity contribution in [3.8, 4) is 0 Å². The van der Waals surface area contributed by atoms with Crippen LogP contribution in [0.4, 0.5) is 5.69 Å². The molecule has 2 heterocycles. The fraction of sp³-hybridized carbons (Fsp3) is 0.448. The number of aryl methyl sites for hydroxylation is 1. The molecule has 0 radical (unpaired) electrons. The van der Waals surface area contributed by atoms with Gasteiger partial charge in [-0.1, -0.05) is 31.5 Å². The van der Waals surface area contributed by atoms with Crippen molar-refractivity contribution in [2.24, 2.45) is 5.92 Å². The molecule has 2 aliphatic rings. The molecule has 0 aliphatic carbocycles. The number of rotatable bonds is 7. The van der Waals surface area contributed by atoms with Crippen molar-refractivity contribution in [1.82, 2.24) is 15.1 Å². The van der Waals surface area contributed by atoms with E-state index in [1.165, 1.54) is 0 Å². The summed E-state index contributed by atoms with van der Waals surface area (Å²) in [6, 6.07) is 12.7. The monoisotopic (exact) mass is 504 g/mol. The lowest BCUT2D eigenvalue weighted by atomic mass is 10.0. The normalized spacial score (nSPS) is 19.7. The van der Waals surface area contributed by atoms with Crippen LogP contribution in [-0.2, 0) is 9.59 Å². The first-order valence-electron chi connectivity index (χ1n) is 12.9. The number of hydrogen-bond donors (Lipinski definition) is 1. The Morgan fingerprint density at radius 3 is 2.35 bits per heavy atom. The summed E-state index contributed by atoms with van der Waals surface area (Å²) in [7, 11) is 3.85. The number of nitrogens with one attached hydrogen (secondary N) is 1. The molecule has 8 heteroatoms. The van der Waals surface area contributed by atoms with Crippen molar-refractivity contribution in [2.45, 2.75) is 51.7 Å². The van der Waals surface area contributed by atoms with Gasteiger partial charge in [-0.2, -0.15) is 0 Å². The molecule has 0 spiro atoms. The van der Waals surface area contributed by atoms with Crippen LogP contribution < -0.4 is 10.2 Å². The smallest absolute Gasteiger partial charge is 0.254 e. The molecule has 2 unspecified atom stereocenters. The number of likely N-dealkylation sites (tertiary alicyclic amines) is 2. The number of benzene rings is 2. The molecule has 2 fully saturated rings. The molecular formula is C29H36N4O4. The second kappa shape index (κ2) is 10.7. The largest absolute Gasteiger partial charge is 0.378 e. The van der Waals surface area contributed by atoms with Gasteiger partial charge in [-0.15, -0.1) is 0 Å².